The van der Waals surface area contributed by atoms with E-state index in [1.165, 1.54) is 19.3 Å². The van der Waals surface area contributed by atoms with Crippen molar-refractivity contribution in [2.45, 2.75) is 19.3 Å². The topological polar surface area (TPSA) is 37.3 Å². The van der Waals surface area contributed by atoms with Crippen LogP contribution < -0.4 is 0 Å². The van der Waals surface area contributed by atoms with E-state index >= 15 is 0 Å². The largest absolute Gasteiger partial charge is 0.481 e. The van der Waals surface area contributed by atoms with Gasteiger partial charge in [-0.1, -0.05) is 6.42 Å². The molecular weight excluding hydrogens is 116 g/mol. The van der Waals surface area contributed by atoms with Gasteiger partial charge in [0, 0.05) is 0 Å². The molecule has 50 valence electrons. The summed E-state index contributed by atoms with van der Waals surface area (Å²) in [6.45, 7) is 0. The second-order valence-electron chi connectivity index (χ2n) is 3.12. The third kappa shape index (κ3) is 0.590. The molecule has 0 radical (unpaired) electrons. The number of fused-ring (bicyclic) bond motifs is 1. The zero-order chi connectivity index (χ0) is 6.43. The molecule has 0 heterocycles. The van der Waals surface area contributed by atoms with Crippen molar-refractivity contribution in [1.82, 2.24) is 0 Å². The molecule has 0 unspecified atom stereocenters. The fraction of sp³-hybridized carbons (Fsp3) is 0.857. The minimum absolute atomic E-state index is 0.0544. The van der Waals surface area contributed by atoms with Crippen LogP contribution in [0.1, 0.15) is 19.3 Å². The Labute approximate surface area is 53.9 Å². The summed E-state index contributed by atoms with van der Waals surface area (Å²) >= 11 is 0. The molecule has 2 rings (SSSR count). The monoisotopic (exact) mass is 126 g/mol. The number of rotatable bonds is 1. The van der Waals surface area contributed by atoms with Gasteiger partial charge < -0.3 is 5.11 Å². The van der Waals surface area contributed by atoms with Crippen molar-refractivity contribution >= 4 is 5.97 Å². The molecule has 9 heavy (non-hydrogen) atoms. The number of carbonyl (C=O) groups is 1. The van der Waals surface area contributed by atoms with Crippen molar-refractivity contribution in [1.29, 1.82) is 0 Å². The Morgan fingerprint density at radius 1 is 1.33 bits per heavy atom. The van der Waals surface area contributed by atoms with E-state index in [-0.39, 0.29) is 5.92 Å². The average Bonchev–Trinajstić information content (AvgIpc) is 2.30. The number of aliphatic carboxylic acids is 1. The van der Waals surface area contributed by atoms with Gasteiger partial charge in [-0.3, -0.25) is 4.79 Å². The van der Waals surface area contributed by atoms with E-state index in [0.29, 0.717) is 11.8 Å². The fourth-order valence-electron chi connectivity index (χ4n) is 2.19. The number of carboxylic acids is 1. The van der Waals surface area contributed by atoms with Crippen molar-refractivity contribution in [2.75, 3.05) is 0 Å². The van der Waals surface area contributed by atoms with Crippen LogP contribution in [-0.4, -0.2) is 11.1 Å². The lowest BCUT2D eigenvalue weighted by Crippen LogP contribution is -2.02. The summed E-state index contributed by atoms with van der Waals surface area (Å²) in [5.41, 5.74) is 0. The van der Waals surface area contributed by atoms with E-state index in [1.807, 2.05) is 0 Å². The minimum Gasteiger partial charge on any atom is -0.481 e. The molecule has 1 N–H and O–H groups in total. The summed E-state index contributed by atoms with van der Waals surface area (Å²) in [7, 11) is 0. The zero-order valence-electron chi connectivity index (χ0n) is 5.21. The van der Waals surface area contributed by atoms with Gasteiger partial charge in [0.2, 0.25) is 0 Å². The third-order valence-corrected chi connectivity index (χ3v) is 2.69. The molecule has 2 aliphatic rings. The van der Waals surface area contributed by atoms with Crippen LogP contribution in [0.4, 0.5) is 0 Å². The molecule has 2 fully saturated rings. The lowest BCUT2D eigenvalue weighted by atomic mass is 10.1. The maximum absolute atomic E-state index is 10.4. The highest BCUT2D eigenvalue weighted by Crippen LogP contribution is 2.57. The lowest BCUT2D eigenvalue weighted by molar-refractivity contribution is -0.139. The summed E-state index contributed by atoms with van der Waals surface area (Å²) in [5.74, 6) is 0.633. The van der Waals surface area contributed by atoms with Crippen LogP contribution >= 0.6 is 0 Å². The van der Waals surface area contributed by atoms with E-state index in [1.54, 1.807) is 0 Å². The van der Waals surface area contributed by atoms with Crippen molar-refractivity contribution in [3.05, 3.63) is 0 Å². The molecule has 2 saturated carbocycles. The molecule has 0 aliphatic heterocycles. The van der Waals surface area contributed by atoms with Crippen molar-refractivity contribution in [2.24, 2.45) is 17.8 Å². The molecule has 2 aliphatic carbocycles. The highest BCUT2D eigenvalue weighted by molar-refractivity contribution is 5.74. The first kappa shape index (κ1) is 5.27. The van der Waals surface area contributed by atoms with Crippen molar-refractivity contribution < 1.29 is 9.90 Å². The van der Waals surface area contributed by atoms with Gasteiger partial charge in [0.15, 0.2) is 0 Å². The summed E-state index contributed by atoms with van der Waals surface area (Å²) in [5, 5.41) is 8.56. The zero-order valence-corrected chi connectivity index (χ0v) is 5.21. The molecule has 0 amide bonds. The first-order valence-electron chi connectivity index (χ1n) is 3.53. The summed E-state index contributed by atoms with van der Waals surface area (Å²) in [4.78, 5) is 10.4. The molecule has 2 heteroatoms. The van der Waals surface area contributed by atoms with Gasteiger partial charge in [-0.05, 0) is 24.7 Å². The molecule has 2 nitrogen and oxygen atoms in total. The van der Waals surface area contributed by atoms with Crippen LogP contribution in [0, 0.1) is 17.8 Å². The molecule has 0 spiro atoms. The van der Waals surface area contributed by atoms with Crippen molar-refractivity contribution in [3.8, 4) is 0 Å². The smallest absolute Gasteiger partial charge is 0.307 e. The molecule has 0 aromatic carbocycles. The number of hydrogen-bond donors (Lipinski definition) is 1. The second kappa shape index (κ2) is 1.49. The van der Waals surface area contributed by atoms with Gasteiger partial charge in [-0.15, -0.1) is 0 Å². The van der Waals surface area contributed by atoms with E-state index in [2.05, 4.69) is 0 Å². The normalized spacial score (nSPS) is 46.4. The summed E-state index contributed by atoms with van der Waals surface area (Å²) in [6.07, 6.45) is 3.60. The maximum Gasteiger partial charge on any atom is 0.307 e. The molecule has 0 bridgehead atoms. The summed E-state index contributed by atoms with van der Waals surface area (Å²) < 4.78 is 0. The Morgan fingerprint density at radius 3 is 2.22 bits per heavy atom. The van der Waals surface area contributed by atoms with Crippen LogP contribution in [0.5, 0.6) is 0 Å². The van der Waals surface area contributed by atoms with Crippen LogP contribution in [0.25, 0.3) is 0 Å². The number of hydrogen-bond acceptors (Lipinski definition) is 1. The lowest BCUT2D eigenvalue weighted by Gasteiger charge is -1.93. The van der Waals surface area contributed by atoms with E-state index in [4.69, 9.17) is 5.11 Å². The maximum atomic E-state index is 10.4. The fourth-order valence-corrected chi connectivity index (χ4v) is 2.19. The standard InChI is InChI=1S/C7H10O2/c8-7(9)6-4-2-1-3-5(4)6/h4-6H,1-3H2,(H,8,9)/t4-,5-/m0/s1. The Morgan fingerprint density at radius 2 is 1.89 bits per heavy atom. The summed E-state index contributed by atoms with van der Waals surface area (Å²) in [6, 6.07) is 0. The van der Waals surface area contributed by atoms with Crippen LogP contribution in [0.3, 0.4) is 0 Å². The Balaban J connectivity index is 2.02. The highest BCUT2D eigenvalue weighted by atomic mass is 16.4. The minimum atomic E-state index is -0.565. The van der Waals surface area contributed by atoms with E-state index in [0.717, 1.165) is 0 Å². The highest BCUT2D eigenvalue weighted by Gasteiger charge is 2.56. The number of carboxylic acid groups (broad SMARTS) is 1. The first-order valence-corrected chi connectivity index (χ1v) is 3.53. The third-order valence-electron chi connectivity index (χ3n) is 2.69. The van der Waals surface area contributed by atoms with Crippen LogP contribution in [0.15, 0.2) is 0 Å². The predicted molar refractivity (Wildman–Crippen MR) is 32.0 cm³/mol. The quantitative estimate of drug-likeness (QED) is 0.571. The molecule has 0 aromatic rings. The SMILES string of the molecule is O=C(O)C1[C@H]2CCC[C@H]12. The van der Waals surface area contributed by atoms with Gasteiger partial charge in [-0.25, -0.2) is 0 Å². The Hall–Kier alpha value is -0.530. The van der Waals surface area contributed by atoms with Gasteiger partial charge in [0.1, 0.15) is 0 Å². The van der Waals surface area contributed by atoms with Gasteiger partial charge in [-0.2, -0.15) is 0 Å². The second-order valence-corrected chi connectivity index (χ2v) is 3.12. The molecule has 0 saturated heterocycles. The molecule has 0 aromatic heterocycles. The van der Waals surface area contributed by atoms with E-state index in [9.17, 15) is 4.79 Å². The average molecular weight is 126 g/mol. The molecule has 2 atom stereocenters. The Bertz CT molecular complexity index is 143. The predicted octanol–water partition coefficient (Wildman–Crippen LogP) is 1.12. The van der Waals surface area contributed by atoms with Gasteiger partial charge >= 0.3 is 5.97 Å². The van der Waals surface area contributed by atoms with Crippen molar-refractivity contribution in [3.63, 3.8) is 0 Å². The van der Waals surface area contributed by atoms with Gasteiger partial charge in [0.25, 0.3) is 0 Å². The van der Waals surface area contributed by atoms with Crippen LogP contribution in [-0.2, 0) is 4.79 Å². The molecular formula is C7H10O2. The van der Waals surface area contributed by atoms with E-state index < -0.39 is 5.97 Å². The Kier molecular flexibility index (Phi) is 0.875. The first-order chi connectivity index (χ1) is 4.30. The van der Waals surface area contributed by atoms with Crippen LogP contribution in [0.2, 0.25) is 0 Å². The van der Waals surface area contributed by atoms with Gasteiger partial charge in [0.05, 0.1) is 5.92 Å².